The van der Waals surface area contributed by atoms with Crippen LogP contribution < -0.4 is 5.32 Å². The van der Waals surface area contributed by atoms with Crippen molar-refractivity contribution < 1.29 is 0 Å². The average Bonchev–Trinajstić information content (AvgIpc) is 2.38. The monoisotopic (exact) mass is 287 g/mol. The molecule has 17 heavy (non-hydrogen) atoms. The lowest BCUT2D eigenvalue weighted by molar-refractivity contribution is 1.14. The van der Waals surface area contributed by atoms with Gasteiger partial charge in [-0.2, -0.15) is 5.26 Å². The fourth-order valence-corrected chi connectivity index (χ4v) is 1.67. The van der Waals surface area contributed by atoms with E-state index in [9.17, 15) is 0 Å². The molecular formula is C13H10BrN3. The quantitative estimate of drug-likeness (QED) is 0.942. The van der Waals surface area contributed by atoms with Crippen molar-refractivity contribution in [3.05, 3.63) is 58.3 Å². The van der Waals surface area contributed by atoms with Gasteiger partial charge in [0.1, 0.15) is 11.8 Å². The van der Waals surface area contributed by atoms with Crippen LogP contribution in [-0.2, 0) is 6.54 Å². The summed E-state index contributed by atoms with van der Waals surface area (Å²) in [5, 5.41) is 12.0. The van der Waals surface area contributed by atoms with E-state index in [4.69, 9.17) is 5.26 Å². The van der Waals surface area contributed by atoms with Crippen LogP contribution in [0.1, 0.15) is 11.3 Å². The number of hydrogen-bond acceptors (Lipinski definition) is 3. The summed E-state index contributed by atoms with van der Waals surface area (Å²) in [6.45, 7) is 0.724. The molecule has 0 bridgehead atoms. The Morgan fingerprint density at radius 1 is 1.24 bits per heavy atom. The van der Waals surface area contributed by atoms with Crippen molar-refractivity contribution in [1.82, 2.24) is 4.98 Å². The summed E-state index contributed by atoms with van der Waals surface area (Å²) in [7, 11) is 0. The molecule has 0 amide bonds. The predicted octanol–water partition coefficient (Wildman–Crippen LogP) is 3.33. The van der Waals surface area contributed by atoms with Gasteiger partial charge in [-0.15, -0.1) is 0 Å². The minimum absolute atomic E-state index is 0.422. The summed E-state index contributed by atoms with van der Waals surface area (Å²) in [5.41, 5.74) is 2.51. The predicted molar refractivity (Wildman–Crippen MR) is 70.4 cm³/mol. The van der Waals surface area contributed by atoms with Crippen molar-refractivity contribution in [2.24, 2.45) is 0 Å². The third-order valence-corrected chi connectivity index (χ3v) is 2.81. The number of nitrogens with zero attached hydrogens (tertiary/aromatic N) is 2. The van der Waals surface area contributed by atoms with Gasteiger partial charge in [0.15, 0.2) is 0 Å². The molecule has 1 aromatic carbocycles. The van der Waals surface area contributed by atoms with Gasteiger partial charge in [0.05, 0.1) is 0 Å². The van der Waals surface area contributed by atoms with Gasteiger partial charge in [0.25, 0.3) is 0 Å². The highest BCUT2D eigenvalue weighted by Gasteiger charge is 1.96. The molecule has 3 nitrogen and oxygen atoms in total. The second-order valence-corrected chi connectivity index (χ2v) is 4.44. The van der Waals surface area contributed by atoms with Gasteiger partial charge < -0.3 is 5.32 Å². The molecule has 1 heterocycles. The third kappa shape index (κ3) is 3.30. The van der Waals surface area contributed by atoms with E-state index in [0.717, 1.165) is 16.7 Å². The zero-order valence-electron chi connectivity index (χ0n) is 9.02. The molecule has 0 fully saturated rings. The van der Waals surface area contributed by atoms with Gasteiger partial charge in [-0.05, 0) is 29.8 Å². The number of nitriles is 1. The minimum atomic E-state index is 0.422. The zero-order valence-corrected chi connectivity index (χ0v) is 10.6. The lowest BCUT2D eigenvalue weighted by Gasteiger charge is -2.06. The average molecular weight is 288 g/mol. The maximum atomic E-state index is 8.73. The first-order valence-corrected chi connectivity index (χ1v) is 5.92. The molecule has 0 aliphatic carbocycles. The van der Waals surface area contributed by atoms with Gasteiger partial charge in [-0.25, -0.2) is 4.98 Å². The summed E-state index contributed by atoms with van der Waals surface area (Å²) in [6, 6.07) is 13.7. The van der Waals surface area contributed by atoms with Gasteiger partial charge in [-0.3, -0.25) is 0 Å². The fraction of sp³-hybridized carbons (Fsp3) is 0.0769. The molecule has 0 aliphatic rings. The van der Waals surface area contributed by atoms with Crippen LogP contribution >= 0.6 is 15.9 Å². The molecule has 4 heteroatoms. The second kappa shape index (κ2) is 5.46. The Bertz CT molecular complexity index is 543. The number of rotatable bonds is 3. The summed E-state index contributed by atoms with van der Waals surface area (Å²) in [5.74, 6) is 0. The lowest BCUT2D eigenvalue weighted by atomic mass is 10.2. The highest BCUT2D eigenvalue weighted by Crippen LogP contribution is 2.13. The zero-order chi connectivity index (χ0) is 12.1. The molecule has 0 radical (unpaired) electrons. The van der Waals surface area contributed by atoms with Crippen molar-refractivity contribution in [1.29, 1.82) is 5.26 Å². The van der Waals surface area contributed by atoms with E-state index in [-0.39, 0.29) is 0 Å². The maximum absolute atomic E-state index is 8.73. The first-order valence-electron chi connectivity index (χ1n) is 5.12. The number of benzene rings is 1. The van der Waals surface area contributed by atoms with Crippen molar-refractivity contribution in [3.63, 3.8) is 0 Å². The van der Waals surface area contributed by atoms with Crippen LogP contribution in [0.3, 0.4) is 0 Å². The molecule has 1 N–H and O–H groups in total. The topological polar surface area (TPSA) is 48.7 Å². The molecule has 2 rings (SSSR count). The van der Waals surface area contributed by atoms with Crippen LogP contribution in [0.2, 0.25) is 0 Å². The van der Waals surface area contributed by atoms with Crippen LogP contribution in [-0.4, -0.2) is 4.98 Å². The number of pyridine rings is 1. The first kappa shape index (κ1) is 11.6. The molecule has 0 saturated heterocycles. The fourth-order valence-electron chi connectivity index (χ4n) is 1.41. The van der Waals surface area contributed by atoms with Crippen molar-refractivity contribution in [2.45, 2.75) is 6.54 Å². The Labute approximate surface area is 108 Å². The standard InChI is InChI=1S/C13H10BrN3/c14-11-3-1-10(2-4-11)9-17-12-5-6-16-13(7-12)8-15/h1-7H,9H2,(H,16,17). The van der Waals surface area contributed by atoms with E-state index in [0.29, 0.717) is 5.69 Å². The van der Waals surface area contributed by atoms with Crippen molar-refractivity contribution in [2.75, 3.05) is 5.32 Å². The summed E-state index contributed by atoms with van der Waals surface area (Å²) in [6.07, 6.45) is 1.63. The molecule has 1 aromatic heterocycles. The minimum Gasteiger partial charge on any atom is -0.381 e. The van der Waals surface area contributed by atoms with E-state index in [1.165, 1.54) is 5.56 Å². The van der Waals surface area contributed by atoms with Gasteiger partial charge >= 0.3 is 0 Å². The smallest absolute Gasteiger partial charge is 0.142 e. The Balaban J connectivity index is 2.02. The Hall–Kier alpha value is -1.86. The highest BCUT2D eigenvalue weighted by atomic mass is 79.9. The molecular weight excluding hydrogens is 278 g/mol. The van der Waals surface area contributed by atoms with E-state index in [1.54, 1.807) is 12.3 Å². The van der Waals surface area contributed by atoms with Crippen LogP contribution in [0.25, 0.3) is 0 Å². The molecule has 0 aliphatic heterocycles. The lowest BCUT2D eigenvalue weighted by Crippen LogP contribution is -1.99. The maximum Gasteiger partial charge on any atom is 0.142 e. The number of aromatic nitrogens is 1. The molecule has 0 saturated carbocycles. The van der Waals surface area contributed by atoms with E-state index < -0.39 is 0 Å². The number of nitrogens with one attached hydrogen (secondary N) is 1. The van der Waals surface area contributed by atoms with E-state index >= 15 is 0 Å². The van der Waals surface area contributed by atoms with Crippen LogP contribution in [0.15, 0.2) is 47.1 Å². The SMILES string of the molecule is N#Cc1cc(NCc2ccc(Br)cc2)ccn1. The van der Waals surface area contributed by atoms with Crippen LogP contribution in [0.4, 0.5) is 5.69 Å². The highest BCUT2D eigenvalue weighted by molar-refractivity contribution is 9.10. The molecule has 0 unspecified atom stereocenters. The summed E-state index contributed by atoms with van der Waals surface area (Å²) < 4.78 is 1.07. The van der Waals surface area contributed by atoms with Crippen LogP contribution in [0.5, 0.6) is 0 Å². The molecule has 0 spiro atoms. The van der Waals surface area contributed by atoms with Crippen molar-refractivity contribution in [3.8, 4) is 6.07 Å². The Kier molecular flexibility index (Phi) is 3.73. The largest absolute Gasteiger partial charge is 0.381 e. The normalized spacial score (nSPS) is 9.65. The third-order valence-electron chi connectivity index (χ3n) is 2.28. The van der Waals surface area contributed by atoms with Gasteiger partial charge in [0.2, 0.25) is 0 Å². The second-order valence-electron chi connectivity index (χ2n) is 3.52. The molecule has 2 aromatic rings. The van der Waals surface area contributed by atoms with Gasteiger partial charge in [0, 0.05) is 22.9 Å². The van der Waals surface area contributed by atoms with E-state index in [2.05, 4.69) is 26.2 Å². The first-order chi connectivity index (χ1) is 8.28. The summed E-state index contributed by atoms with van der Waals surface area (Å²) >= 11 is 3.40. The number of anilines is 1. The molecule has 0 atom stereocenters. The summed E-state index contributed by atoms with van der Waals surface area (Å²) in [4.78, 5) is 3.92. The van der Waals surface area contributed by atoms with Crippen molar-refractivity contribution >= 4 is 21.6 Å². The van der Waals surface area contributed by atoms with Gasteiger partial charge in [-0.1, -0.05) is 28.1 Å². The number of hydrogen-bond donors (Lipinski definition) is 1. The molecule has 84 valence electrons. The Morgan fingerprint density at radius 3 is 2.71 bits per heavy atom. The number of halogens is 1. The van der Waals surface area contributed by atoms with E-state index in [1.807, 2.05) is 36.4 Å². The Morgan fingerprint density at radius 2 is 2.00 bits per heavy atom. The van der Waals surface area contributed by atoms with Crippen LogP contribution in [0, 0.1) is 11.3 Å².